The maximum absolute atomic E-state index is 12.5. The van der Waals surface area contributed by atoms with E-state index in [1.165, 1.54) is 0 Å². The van der Waals surface area contributed by atoms with Gasteiger partial charge in [0, 0.05) is 0 Å². The summed E-state index contributed by atoms with van der Waals surface area (Å²) < 4.78 is 37.6. The van der Waals surface area contributed by atoms with Crippen molar-refractivity contribution in [3.05, 3.63) is 35.4 Å². The fourth-order valence-corrected chi connectivity index (χ4v) is 2.45. The van der Waals surface area contributed by atoms with Crippen LogP contribution in [0.1, 0.15) is 38.0 Å². The van der Waals surface area contributed by atoms with Crippen molar-refractivity contribution in [1.29, 1.82) is 0 Å². The number of urea groups is 1. The van der Waals surface area contributed by atoms with E-state index in [9.17, 15) is 27.9 Å². The molecule has 132 valence electrons. The van der Waals surface area contributed by atoms with E-state index < -0.39 is 35.3 Å². The smallest absolute Gasteiger partial charge is 0.387 e. The SMILES string of the molecule is CC(C)[C@@]1(C)NC(=O)N(C[C@H](O)c2ccc(C(F)(F)F)cc2)C1=O. The molecule has 24 heavy (non-hydrogen) atoms. The Kier molecular flexibility index (Phi) is 4.63. The van der Waals surface area contributed by atoms with Crippen LogP contribution in [-0.2, 0) is 11.0 Å². The molecule has 1 aliphatic rings. The third-order valence-corrected chi connectivity index (χ3v) is 4.43. The predicted octanol–water partition coefficient (Wildman–Crippen LogP) is 2.71. The van der Waals surface area contributed by atoms with Gasteiger partial charge in [0.05, 0.1) is 18.2 Å². The number of β-amino-alcohol motifs (C(OH)–C–C–N with tert-alkyl or cyclic N) is 1. The number of nitrogens with one attached hydrogen (secondary N) is 1. The number of carbonyl (C=O) groups is 2. The van der Waals surface area contributed by atoms with Gasteiger partial charge in [-0.3, -0.25) is 9.69 Å². The van der Waals surface area contributed by atoms with Crippen LogP contribution in [0, 0.1) is 5.92 Å². The van der Waals surface area contributed by atoms with Crippen molar-refractivity contribution in [2.45, 2.75) is 38.6 Å². The van der Waals surface area contributed by atoms with Crippen LogP contribution in [0.25, 0.3) is 0 Å². The van der Waals surface area contributed by atoms with Gasteiger partial charge in [0.15, 0.2) is 0 Å². The number of halogens is 3. The number of rotatable bonds is 4. The standard InChI is InChI=1S/C16H19F3N2O3/c1-9(2)15(3)13(23)21(14(24)20-15)8-12(22)10-4-6-11(7-5-10)16(17,18)19/h4-7,9,12,22H,8H2,1-3H3,(H,20,24)/t12-,15+/m0/s1. The number of alkyl halides is 3. The highest BCUT2D eigenvalue weighted by atomic mass is 19.4. The second-order valence-corrected chi connectivity index (χ2v) is 6.34. The van der Waals surface area contributed by atoms with Crippen LogP contribution in [0.5, 0.6) is 0 Å². The van der Waals surface area contributed by atoms with Gasteiger partial charge in [0.2, 0.25) is 0 Å². The number of hydrogen-bond donors (Lipinski definition) is 2. The first-order valence-corrected chi connectivity index (χ1v) is 7.46. The molecule has 2 N–H and O–H groups in total. The zero-order chi connectivity index (χ0) is 18.3. The summed E-state index contributed by atoms with van der Waals surface area (Å²) >= 11 is 0. The zero-order valence-corrected chi connectivity index (χ0v) is 13.5. The molecule has 2 rings (SSSR count). The lowest BCUT2D eigenvalue weighted by molar-refractivity contribution is -0.137. The van der Waals surface area contributed by atoms with Crippen LogP contribution in [0.3, 0.4) is 0 Å². The molecule has 0 spiro atoms. The number of carbonyl (C=O) groups excluding carboxylic acids is 2. The minimum absolute atomic E-state index is 0.151. The minimum atomic E-state index is -4.46. The summed E-state index contributed by atoms with van der Waals surface area (Å²) in [4.78, 5) is 25.3. The van der Waals surface area contributed by atoms with Gasteiger partial charge < -0.3 is 10.4 Å². The van der Waals surface area contributed by atoms with Gasteiger partial charge in [-0.1, -0.05) is 26.0 Å². The fraction of sp³-hybridized carbons (Fsp3) is 0.500. The van der Waals surface area contributed by atoms with Crippen molar-refractivity contribution < 1.29 is 27.9 Å². The van der Waals surface area contributed by atoms with Gasteiger partial charge in [-0.25, -0.2) is 4.79 Å². The second kappa shape index (κ2) is 6.08. The molecular formula is C16H19F3N2O3. The molecule has 1 aromatic rings. The highest BCUT2D eigenvalue weighted by molar-refractivity contribution is 6.07. The number of aliphatic hydroxyl groups is 1. The number of amides is 3. The number of hydrogen-bond acceptors (Lipinski definition) is 3. The third-order valence-electron chi connectivity index (χ3n) is 4.43. The van der Waals surface area contributed by atoms with E-state index >= 15 is 0 Å². The Morgan fingerprint density at radius 2 is 1.75 bits per heavy atom. The van der Waals surface area contributed by atoms with E-state index in [1.54, 1.807) is 20.8 Å². The lowest BCUT2D eigenvalue weighted by atomic mass is 9.88. The van der Waals surface area contributed by atoms with E-state index in [0.717, 1.165) is 29.2 Å². The molecule has 8 heteroatoms. The van der Waals surface area contributed by atoms with Gasteiger partial charge in [-0.15, -0.1) is 0 Å². The molecule has 0 aromatic heterocycles. The van der Waals surface area contributed by atoms with Crippen molar-refractivity contribution >= 4 is 11.9 Å². The van der Waals surface area contributed by atoms with Crippen LogP contribution in [0.15, 0.2) is 24.3 Å². The number of benzene rings is 1. The molecule has 3 amide bonds. The molecule has 1 saturated heterocycles. The highest BCUT2D eigenvalue weighted by Crippen LogP contribution is 2.31. The lowest BCUT2D eigenvalue weighted by Gasteiger charge is -2.26. The summed E-state index contributed by atoms with van der Waals surface area (Å²) in [6.07, 6.45) is -5.73. The summed E-state index contributed by atoms with van der Waals surface area (Å²) in [6, 6.07) is 3.34. The largest absolute Gasteiger partial charge is 0.416 e. The van der Waals surface area contributed by atoms with Crippen molar-refractivity contribution in [1.82, 2.24) is 10.2 Å². The zero-order valence-electron chi connectivity index (χ0n) is 13.5. The summed E-state index contributed by atoms with van der Waals surface area (Å²) in [7, 11) is 0. The molecule has 0 aliphatic carbocycles. The summed E-state index contributed by atoms with van der Waals surface area (Å²) in [5, 5.41) is 12.8. The maximum atomic E-state index is 12.5. The van der Waals surface area contributed by atoms with Gasteiger partial charge >= 0.3 is 12.2 Å². The van der Waals surface area contributed by atoms with Crippen LogP contribution in [0.4, 0.5) is 18.0 Å². The van der Waals surface area contributed by atoms with E-state index in [1.807, 2.05) is 0 Å². The fourth-order valence-electron chi connectivity index (χ4n) is 2.45. The summed E-state index contributed by atoms with van der Waals surface area (Å²) in [5.41, 5.74) is -1.70. The minimum Gasteiger partial charge on any atom is -0.387 e. The average molecular weight is 344 g/mol. The van der Waals surface area contributed by atoms with Crippen molar-refractivity contribution in [3.8, 4) is 0 Å². The molecular weight excluding hydrogens is 325 g/mol. The summed E-state index contributed by atoms with van der Waals surface area (Å²) in [6.45, 7) is 4.85. The quantitative estimate of drug-likeness (QED) is 0.825. The Balaban J connectivity index is 2.14. The van der Waals surface area contributed by atoms with E-state index in [-0.39, 0.29) is 18.0 Å². The Bertz CT molecular complexity index is 643. The van der Waals surface area contributed by atoms with Crippen LogP contribution < -0.4 is 5.32 Å². The topological polar surface area (TPSA) is 69.6 Å². The molecule has 1 heterocycles. The van der Waals surface area contributed by atoms with Gasteiger partial charge in [0.1, 0.15) is 5.54 Å². The Morgan fingerprint density at radius 3 is 2.17 bits per heavy atom. The second-order valence-electron chi connectivity index (χ2n) is 6.34. The molecule has 5 nitrogen and oxygen atoms in total. The van der Waals surface area contributed by atoms with Crippen molar-refractivity contribution in [3.63, 3.8) is 0 Å². The average Bonchev–Trinajstić information content (AvgIpc) is 2.71. The monoisotopic (exact) mass is 344 g/mol. The first kappa shape index (κ1) is 18.3. The van der Waals surface area contributed by atoms with Crippen molar-refractivity contribution in [2.24, 2.45) is 5.92 Å². The molecule has 0 saturated carbocycles. The van der Waals surface area contributed by atoms with Crippen molar-refractivity contribution in [2.75, 3.05) is 6.54 Å². The molecule has 0 bridgehead atoms. The van der Waals surface area contributed by atoms with Gasteiger partial charge in [-0.05, 0) is 30.5 Å². The van der Waals surface area contributed by atoms with Crippen LogP contribution in [0.2, 0.25) is 0 Å². The van der Waals surface area contributed by atoms with Gasteiger partial charge in [0.25, 0.3) is 5.91 Å². The maximum Gasteiger partial charge on any atom is 0.416 e. The van der Waals surface area contributed by atoms with E-state index in [0.29, 0.717) is 0 Å². The lowest BCUT2D eigenvalue weighted by Crippen LogP contribution is -2.48. The molecule has 2 atom stereocenters. The molecule has 1 aromatic carbocycles. The Hall–Kier alpha value is -2.09. The first-order chi connectivity index (χ1) is 11.0. The Morgan fingerprint density at radius 1 is 1.21 bits per heavy atom. The normalized spacial score (nSPS) is 22.9. The Labute approximate surface area is 137 Å². The predicted molar refractivity (Wildman–Crippen MR) is 79.9 cm³/mol. The highest BCUT2D eigenvalue weighted by Gasteiger charge is 2.50. The molecule has 0 radical (unpaired) electrons. The summed E-state index contributed by atoms with van der Waals surface area (Å²) in [5.74, 6) is -0.615. The number of aliphatic hydroxyl groups excluding tert-OH is 1. The van der Waals surface area contributed by atoms with Crippen LogP contribution >= 0.6 is 0 Å². The van der Waals surface area contributed by atoms with Crippen LogP contribution in [-0.4, -0.2) is 34.0 Å². The number of nitrogens with zero attached hydrogens (tertiary/aromatic N) is 1. The van der Waals surface area contributed by atoms with E-state index in [2.05, 4.69) is 5.32 Å². The van der Waals surface area contributed by atoms with E-state index in [4.69, 9.17) is 0 Å². The first-order valence-electron chi connectivity index (χ1n) is 7.46. The molecule has 1 fully saturated rings. The molecule has 0 unspecified atom stereocenters. The van der Waals surface area contributed by atoms with Gasteiger partial charge in [-0.2, -0.15) is 13.2 Å². The number of imide groups is 1. The molecule has 1 aliphatic heterocycles. The third kappa shape index (κ3) is 3.24.